The molecule has 0 aliphatic carbocycles. The van der Waals surface area contributed by atoms with E-state index < -0.39 is 29.6 Å². The second kappa shape index (κ2) is 8.08. The first-order chi connectivity index (χ1) is 8.70. The Kier molecular flexibility index (Phi) is 7.58. The van der Waals surface area contributed by atoms with E-state index in [0.717, 1.165) is 12.8 Å². The third kappa shape index (κ3) is 7.09. The van der Waals surface area contributed by atoms with E-state index in [1.165, 1.54) is 6.92 Å². The molecule has 0 aliphatic heterocycles. The maximum absolute atomic E-state index is 11.7. The monoisotopic (exact) mass is 275 g/mol. The Hall–Kier alpha value is -1.18. The summed E-state index contributed by atoms with van der Waals surface area (Å²) < 4.78 is 5.11. The third-order valence-electron chi connectivity index (χ3n) is 3.05. The van der Waals surface area contributed by atoms with E-state index in [9.17, 15) is 9.59 Å². The predicted molar refractivity (Wildman–Crippen MR) is 71.0 cm³/mol. The lowest BCUT2D eigenvalue weighted by Gasteiger charge is -2.31. The van der Waals surface area contributed by atoms with E-state index in [0.29, 0.717) is 13.0 Å². The number of hydrogen-bond donors (Lipinski definition) is 4. The van der Waals surface area contributed by atoms with Gasteiger partial charge in [0.25, 0.3) is 0 Å². The van der Waals surface area contributed by atoms with Crippen molar-refractivity contribution in [2.24, 2.45) is 23.1 Å². The highest BCUT2D eigenvalue weighted by Gasteiger charge is 2.33. The van der Waals surface area contributed by atoms with Crippen LogP contribution in [-0.4, -0.2) is 35.4 Å². The van der Waals surface area contributed by atoms with Gasteiger partial charge in [0.1, 0.15) is 6.04 Å². The van der Waals surface area contributed by atoms with Gasteiger partial charge in [0.2, 0.25) is 0 Å². The minimum Gasteiger partial charge on any atom is -0.481 e. The summed E-state index contributed by atoms with van der Waals surface area (Å²) in [4.78, 5) is 22.4. The molecule has 7 nitrogen and oxygen atoms in total. The maximum Gasteiger partial charge on any atom is 0.324 e. The molecule has 3 atom stereocenters. The number of esters is 1. The Labute approximate surface area is 113 Å². The first-order valence-electron chi connectivity index (χ1n) is 6.40. The molecule has 0 aromatic rings. The van der Waals surface area contributed by atoms with Crippen LogP contribution in [0.1, 0.15) is 39.5 Å². The number of carbonyl (C=O) groups excluding carboxylic acids is 1. The molecule has 7 N–H and O–H groups in total. The summed E-state index contributed by atoms with van der Waals surface area (Å²) in [5, 5.41) is 8.70. The third-order valence-corrected chi connectivity index (χ3v) is 3.05. The molecule has 0 aliphatic rings. The standard InChI is InChI=1S/C12H25N3O4/c1-8(7-10(16)17)12(2,15)19-11(18)9(14)5-3-4-6-13/h8-9H,3-7,13-15H2,1-2H3,(H,16,17)/t8-,9+,12+/m1/s1. The van der Waals surface area contributed by atoms with Gasteiger partial charge in [-0.1, -0.05) is 13.3 Å². The van der Waals surface area contributed by atoms with Crippen molar-refractivity contribution in [3.05, 3.63) is 0 Å². The van der Waals surface area contributed by atoms with E-state index >= 15 is 0 Å². The summed E-state index contributed by atoms with van der Waals surface area (Å²) in [6, 6.07) is -0.758. The fourth-order valence-electron chi connectivity index (χ4n) is 1.48. The topological polar surface area (TPSA) is 142 Å². The molecule has 0 saturated heterocycles. The molecular weight excluding hydrogens is 250 g/mol. The highest BCUT2D eigenvalue weighted by molar-refractivity contribution is 5.76. The average molecular weight is 275 g/mol. The van der Waals surface area contributed by atoms with Gasteiger partial charge < -0.3 is 21.3 Å². The smallest absolute Gasteiger partial charge is 0.324 e. The van der Waals surface area contributed by atoms with Crippen LogP contribution in [0.25, 0.3) is 0 Å². The van der Waals surface area contributed by atoms with Gasteiger partial charge in [0, 0.05) is 5.92 Å². The molecule has 112 valence electrons. The molecular formula is C12H25N3O4. The molecule has 19 heavy (non-hydrogen) atoms. The van der Waals surface area contributed by atoms with Crippen LogP contribution in [0.4, 0.5) is 0 Å². The van der Waals surface area contributed by atoms with E-state index in [2.05, 4.69) is 0 Å². The van der Waals surface area contributed by atoms with Gasteiger partial charge in [-0.05, 0) is 26.3 Å². The highest BCUT2D eigenvalue weighted by Crippen LogP contribution is 2.20. The summed E-state index contributed by atoms with van der Waals surface area (Å²) in [7, 11) is 0. The van der Waals surface area contributed by atoms with Crippen LogP contribution in [-0.2, 0) is 14.3 Å². The molecule has 0 rings (SSSR count). The quantitative estimate of drug-likeness (QED) is 0.259. The molecule has 0 heterocycles. The van der Waals surface area contributed by atoms with Crippen molar-refractivity contribution in [1.82, 2.24) is 0 Å². The molecule has 0 fully saturated rings. The number of ether oxygens (including phenoxy) is 1. The normalized spacial score (nSPS) is 17.3. The molecule has 0 spiro atoms. The van der Waals surface area contributed by atoms with Crippen LogP contribution < -0.4 is 17.2 Å². The molecule has 0 aromatic heterocycles. The Morgan fingerprint density at radius 3 is 2.42 bits per heavy atom. The van der Waals surface area contributed by atoms with E-state index in [1.807, 2.05) is 0 Å². The number of aliphatic carboxylic acids is 1. The van der Waals surface area contributed by atoms with Crippen molar-refractivity contribution in [3.8, 4) is 0 Å². The zero-order chi connectivity index (χ0) is 15.1. The predicted octanol–water partition coefficient (Wildman–Crippen LogP) is -0.228. The summed E-state index contributed by atoms with van der Waals surface area (Å²) in [5.74, 6) is -2.11. The van der Waals surface area contributed by atoms with Gasteiger partial charge in [-0.2, -0.15) is 0 Å². The molecule has 0 aromatic carbocycles. The fraction of sp³-hybridized carbons (Fsp3) is 0.833. The van der Waals surface area contributed by atoms with Crippen molar-refractivity contribution in [3.63, 3.8) is 0 Å². The number of carboxylic acids is 1. The lowest BCUT2D eigenvalue weighted by molar-refractivity contribution is -0.167. The lowest BCUT2D eigenvalue weighted by Crippen LogP contribution is -2.50. The molecule has 0 radical (unpaired) electrons. The summed E-state index contributed by atoms with van der Waals surface area (Å²) >= 11 is 0. The maximum atomic E-state index is 11.7. The molecule has 7 heteroatoms. The molecule has 0 amide bonds. The SMILES string of the molecule is C[C@H](CC(=O)O)[C@@](C)(N)OC(=O)[C@@H](N)CCCCN. The Morgan fingerprint density at radius 2 is 1.95 bits per heavy atom. The zero-order valence-corrected chi connectivity index (χ0v) is 11.6. The van der Waals surface area contributed by atoms with Crippen LogP contribution in [0.5, 0.6) is 0 Å². The van der Waals surface area contributed by atoms with Gasteiger partial charge in [0.15, 0.2) is 5.72 Å². The number of hydrogen-bond acceptors (Lipinski definition) is 6. The van der Waals surface area contributed by atoms with Gasteiger partial charge in [-0.3, -0.25) is 15.3 Å². The minimum absolute atomic E-state index is 0.178. The first kappa shape index (κ1) is 17.8. The van der Waals surface area contributed by atoms with Crippen molar-refractivity contribution < 1.29 is 19.4 Å². The van der Waals surface area contributed by atoms with Crippen LogP contribution >= 0.6 is 0 Å². The zero-order valence-electron chi connectivity index (χ0n) is 11.6. The highest BCUT2D eigenvalue weighted by atomic mass is 16.6. The molecule has 0 bridgehead atoms. The van der Waals surface area contributed by atoms with Gasteiger partial charge in [-0.25, -0.2) is 0 Å². The van der Waals surface area contributed by atoms with Crippen LogP contribution in [0.3, 0.4) is 0 Å². The van der Waals surface area contributed by atoms with Gasteiger partial charge >= 0.3 is 11.9 Å². The number of unbranched alkanes of at least 4 members (excludes halogenated alkanes) is 1. The van der Waals surface area contributed by atoms with Crippen LogP contribution in [0.15, 0.2) is 0 Å². The van der Waals surface area contributed by atoms with Gasteiger partial charge in [-0.15, -0.1) is 0 Å². The van der Waals surface area contributed by atoms with Crippen molar-refractivity contribution in [2.45, 2.75) is 51.3 Å². The van der Waals surface area contributed by atoms with E-state index in [1.54, 1.807) is 6.92 Å². The Morgan fingerprint density at radius 1 is 1.37 bits per heavy atom. The number of carbonyl (C=O) groups is 2. The van der Waals surface area contributed by atoms with Crippen molar-refractivity contribution in [1.29, 1.82) is 0 Å². The summed E-state index contributed by atoms with van der Waals surface area (Å²) in [5.41, 5.74) is 15.5. The fourth-order valence-corrected chi connectivity index (χ4v) is 1.48. The van der Waals surface area contributed by atoms with Crippen LogP contribution in [0.2, 0.25) is 0 Å². The summed E-state index contributed by atoms with van der Waals surface area (Å²) in [6.45, 7) is 3.64. The Bertz CT molecular complexity index is 307. The number of nitrogens with two attached hydrogens (primary N) is 3. The molecule has 0 unspecified atom stereocenters. The second-order valence-corrected chi connectivity index (χ2v) is 4.99. The van der Waals surface area contributed by atoms with E-state index in [-0.39, 0.29) is 6.42 Å². The van der Waals surface area contributed by atoms with Crippen molar-refractivity contribution in [2.75, 3.05) is 6.54 Å². The lowest BCUT2D eigenvalue weighted by atomic mass is 9.96. The minimum atomic E-state index is -1.35. The van der Waals surface area contributed by atoms with E-state index in [4.69, 9.17) is 27.0 Å². The molecule has 0 saturated carbocycles. The summed E-state index contributed by atoms with van der Waals surface area (Å²) in [6.07, 6.45) is 1.82. The largest absolute Gasteiger partial charge is 0.481 e. The first-order valence-corrected chi connectivity index (χ1v) is 6.40. The van der Waals surface area contributed by atoms with Crippen molar-refractivity contribution >= 4 is 11.9 Å². The number of rotatable bonds is 9. The average Bonchev–Trinajstić information content (AvgIpc) is 2.27. The second-order valence-electron chi connectivity index (χ2n) is 4.99. The van der Waals surface area contributed by atoms with Crippen LogP contribution in [0, 0.1) is 5.92 Å². The number of carboxylic acid groups (broad SMARTS) is 1. The Balaban J connectivity index is 4.31. The van der Waals surface area contributed by atoms with Gasteiger partial charge in [0.05, 0.1) is 6.42 Å².